The number of fused-ring (bicyclic) bond motifs is 1. The molecule has 9 atom stereocenters. The molecule has 0 amide bonds. The minimum atomic E-state index is -2.19. The van der Waals surface area contributed by atoms with Gasteiger partial charge >= 0.3 is 11.9 Å². The Morgan fingerprint density at radius 2 is 1.72 bits per heavy atom. The molecule has 2 aromatic carbocycles. The van der Waals surface area contributed by atoms with Crippen LogP contribution in [0.2, 0.25) is 0 Å². The molecule has 2 saturated heterocycles. The van der Waals surface area contributed by atoms with Crippen molar-refractivity contribution in [2.75, 3.05) is 34.0 Å². The molecule has 296 valence electrons. The molecular weight excluding hydrogens is 728 g/mol. The maximum Gasteiger partial charge on any atom is 0.308 e. The zero-order valence-corrected chi connectivity index (χ0v) is 29.0. The van der Waals surface area contributed by atoms with Gasteiger partial charge in [-0.25, -0.2) is 0 Å². The van der Waals surface area contributed by atoms with Crippen molar-refractivity contribution in [1.82, 2.24) is 0 Å². The van der Waals surface area contributed by atoms with Crippen LogP contribution < -0.4 is 19.6 Å². The van der Waals surface area contributed by atoms with E-state index in [1.807, 2.05) is 0 Å². The maximum absolute atomic E-state index is 14.2. The van der Waals surface area contributed by atoms with E-state index in [1.165, 1.54) is 38.5 Å². The van der Waals surface area contributed by atoms with E-state index in [4.69, 9.17) is 42.7 Å². The van der Waals surface area contributed by atoms with Crippen molar-refractivity contribution < 1.29 is 93.1 Å². The molecule has 0 unspecified atom stereocenters. The number of hydrogen-bond donors (Lipinski definition) is 9. The summed E-state index contributed by atoms with van der Waals surface area (Å²) in [4.78, 5) is 37.8. The lowest BCUT2D eigenvalue weighted by molar-refractivity contribution is -0.319. The number of aliphatic carboxylic acids is 1. The molecule has 0 bridgehead atoms. The number of benzene rings is 2. The number of carboxylic acids is 1. The zero-order chi connectivity index (χ0) is 39.7. The van der Waals surface area contributed by atoms with E-state index in [2.05, 4.69) is 0 Å². The smallest absolute Gasteiger partial charge is 0.308 e. The molecule has 2 fully saturated rings. The molecule has 3 heterocycles. The lowest BCUT2D eigenvalue weighted by Crippen LogP contribution is -2.62. The predicted octanol–water partition coefficient (Wildman–Crippen LogP) is -1.30. The molecule has 0 saturated carbocycles. The number of rotatable bonds is 14. The quantitative estimate of drug-likeness (QED) is 0.0861. The van der Waals surface area contributed by atoms with E-state index in [0.717, 1.165) is 13.0 Å². The summed E-state index contributed by atoms with van der Waals surface area (Å²) in [6.45, 7) is -1.32. The summed E-state index contributed by atoms with van der Waals surface area (Å²) < 4.78 is 44.5. The molecule has 20 nitrogen and oxygen atoms in total. The third kappa shape index (κ3) is 8.31. The van der Waals surface area contributed by atoms with Crippen LogP contribution in [0.5, 0.6) is 28.7 Å². The third-order valence-corrected chi connectivity index (χ3v) is 8.80. The Balaban J connectivity index is 1.57. The summed E-state index contributed by atoms with van der Waals surface area (Å²) >= 11 is 0. The fourth-order valence-corrected chi connectivity index (χ4v) is 5.88. The van der Waals surface area contributed by atoms with Crippen LogP contribution in [0.15, 0.2) is 39.5 Å². The van der Waals surface area contributed by atoms with Crippen molar-refractivity contribution in [3.05, 3.63) is 40.6 Å². The SMILES string of the molecule is COc1cc(O)c2c(=O)c(O[C@@H]3O[C@H](COC(=O)C[C@@](C)(O)CC(=O)O)[C@@H](O)[C@@H](O)[C@H]3O[C@@H]3OC[C@](O)(CO)[C@H]3O)c(-c3ccc(O)c(OC)c3)oc2c1. The summed E-state index contributed by atoms with van der Waals surface area (Å²) in [5.74, 6) is -4.39. The maximum atomic E-state index is 14.2. The van der Waals surface area contributed by atoms with E-state index in [9.17, 15) is 55.2 Å². The summed E-state index contributed by atoms with van der Waals surface area (Å²) in [5, 5.41) is 93.1. The van der Waals surface area contributed by atoms with Crippen molar-refractivity contribution in [1.29, 1.82) is 0 Å². The van der Waals surface area contributed by atoms with E-state index in [0.29, 0.717) is 0 Å². The number of phenols is 2. The second-order valence-corrected chi connectivity index (χ2v) is 13.1. The number of methoxy groups -OCH3 is 2. The minimum absolute atomic E-state index is 0.0590. The topological polar surface area (TPSA) is 311 Å². The highest BCUT2D eigenvalue weighted by Crippen LogP contribution is 2.40. The molecule has 0 spiro atoms. The number of phenolic OH excluding ortho intramolecular Hbond substituents is 2. The van der Waals surface area contributed by atoms with E-state index < -0.39 is 121 Å². The van der Waals surface area contributed by atoms with E-state index >= 15 is 0 Å². The van der Waals surface area contributed by atoms with Crippen LogP contribution in [0.25, 0.3) is 22.3 Å². The van der Waals surface area contributed by atoms with Crippen molar-refractivity contribution in [3.63, 3.8) is 0 Å². The summed E-state index contributed by atoms with van der Waals surface area (Å²) in [6.07, 6.45) is -14.8. The van der Waals surface area contributed by atoms with Gasteiger partial charge in [-0.15, -0.1) is 0 Å². The normalized spacial score (nSPS) is 28.0. The van der Waals surface area contributed by atoms with E-state index in [1.54, 1.807) is 0 Å². The first-order valence-electron chi connectivity index (χ1n) is 16.2. The number of hydrogen-bond acceptors (Lipinski definition) is 19. The Kier molecular flexibility index (Phi) is 11.9. The average molecular weight is 769 g/mol. The monoisotopic (exact) mass is 768 g/mol. The van der Waals surface area contributed by atoms with Gasteiger partial charge < -0.3 is 83.5 Å². The fraction of sp³-hybridized carbons (Fsp3) is 0.500. The Labute approximate surface area is 304 Å². The molecule has 2 aliphatic heterocycles. The van der Waals surface area contributed by atoms with Crippen molar-refractivity contribution in [3.8, 4) is 40.1 Å². The Bertz CT molecular complexity index is 1910. The Morgan fingerprint density at radius 3 is 2.35 bits per heavy atom. The summed E-state index contributed by atoms with van der Waals surface area (Å²) in [7, 11) is 2.57. The van der Waals surface area contributed by atoms with Gasteiger partial charge in [0, 0.05) is 17.7 Å². The largest absolute Gasteiger partial charge is 0.507 e. The number of carbonyl (C=O) groups excluding carboxylic acids is 1. The lowest BCUT2D eigenvalue weighted by Gasteiger charge is -2.42. The third-order valence-electron chi connectivity index (χ3n) is 8.80. The van der Waals surface area contributed by atoms with Crippen LogP contribution in [-0.4, -0.2) is 146 Å². The number of aliphatic hydroxyl groups excluding tert-OH is 4. The first kappa shape index (κ1) is 40.4. The van der Waals surface area contributed by atoms with Crippen LogP contribution in [0.3, 0.4) is 0 Å². The fourth-order valence-electron chi connectivity index (χ4n) is 5.88. The molecule has 0 aliphatic carbocycles. The first-order valence-corrected chi connectivity index (χ1v) is 16.2. The molecule has 0 radical (unpaired) electrons. The molecule has 3 aromatic rings. The molecule has 2 aliphatic rings. The second-order valence-electron chi connectivity index (χ2n) is 13.1. The van der Waals surface area contributed by atoms with Gasteiger partial charge in [0.1, 0.15) is 59.1 Å². The number of aromatic hydroxyl groups is 2. The molecule has 1 aromatic heterocycles. The number of aliphatic hydroxyl groups is 6. The molecular formula is C34H40O20. The highest BCUT2D eigenvalue weighted by molar-refractivity contribution is 5.88. The second kappa shape index (κ2) is 15.9. The van der Waals surface area contributed by atoms with Crippen molar-refractivity contribution in [2.24, 2.45) is 0 Å². The van der Waals surface area contributed by atoms with Crippen LogP contribution >= 0.6 is 0 Å². The molecule has 9 N–H and O–H groups in total. The van der Waals surface area contributed by atoms with Crippen molar-refractivity contribution in [2.45, 2.75) is 74.1 Å². The lowest BCUT2D eigenvalue weighted by atomic mass is 9.97. The van der Waals surface area contributed by atoms with Crippen LogP contribution in [0.1, 0.15) is 19.8 Å². The van der Waals surface area contributed by atoms with Crippen LogP contribution in [-0.2, 0) is 28.5 Å². The first-order chi connectivity index (χ1) is 25.4. The zero-order valence-electron chi connectivity index (χ0n) is 29.0. The number of carboxylic acid groups (broad SMARTS) is 1. The number of esters is 1. The molecule has 20 heteroatoms. The molecule has 54 heavy (non-hydrogen) atoms. The molecule has 5 rings (SSSR count). The van der Waals surface area contributed by atoms with E-state index in [-0.39, 0.29) is 34.2 Å². The standard InChI is InChI=1S/C34H40O20/c1-33(45,9-21(38)39)10-22(40)49-11-20-24(41)26(43)29(54-32-30(44)34(46,12-35)13-50-32)31(52-20)53-28-25(42)23-17(37)7-15(47-2)8-19(23)51-27(28)14-4-5-16(36)18(6-14)48-3/h4-8,20,24,26,29-32,35-37,41,43-46H,9-13H2,1-3H3,(H,38,39)/t20-,24-,26-,29-,30+,31+,32+,33+,34-/m1/s1. The highest BCUT2D eigenvalue weighted by atomic mass is 16.8. The van der Waals surface area contributed by atoms with Gasteiger partial charge in [0.15, 0.2) is 29.7 Å². The van der Waals surface area contributed by atoms with Gasteiger partial charge in [-0.1, -0.05) is 0 Å². The Morgan fingerprint density at radius 1 is 1.00 bits per heavy atom. The van der Waals surface area contributed by atoms with Gasteiger partial charge in [0.05, 0.1) is 45.9 Å². The number of carbonyl (C=O) groups is 2. The van der Waals surface area contributed by atoms with Gasteiger partial charge in [-0.2, -0.15) is 0 Å². The Hall–Kier alpha value is -4.77. The summed E-state index contributed by atoms with van der Waals surface area (Å²) in [6, 6.07) is 6.23. The van der Waals surface area contributed by atoms with Crippen LogP contribution in [0, 0.1) is 0 Å². The van der Waals surface area contributed by atoms with Crippen molar-refractivity contribution >= 4 is 22.9 Å². The summed E-state index contributed by atoms with van der Waals surface area (Å²) in [5.41, 5.74) is -5.34. The van der Waals surface area contributed by atoms with Gasteiger partial charge in [-0.05, 0) is 25.1 Å². The van der Waals surface area contributed by atoms with Gasteiger partial charge in [0.25, 0.3) is 0 Å². The van der Waals surface area contributed by atoms with Gasteiger partial charge in [-0.3, -0.25) is 14.4 Å². The van der Waals surface area contributed by atoms with Gasteiger partial charge in [0.2, 0.25) is 17.5 Å². The average Bonchev–Trinajstić information content (AvgIpc) is 3.39. The number of ether oxygens (including phenoxy) is 7. The minimum Gasteiger partial charge on any atom is -0.507 e. The predicted molar refractivity (Wildman–Crippen MR) is 177 cm³/mol. The van der Waals surface area contributed by atoms with Crippen LogP contribution in [0.4, 0.5) is 0 Å². The highest BCUT2D eigenvalue weighted by Gasteiger charge is 2.54.